The number of aromatic carboxylic acids is 1. The van der Waals surface area contributed by atoms with Crippen molar-refractivity contribution in [3.8, 4) is 34.3 Å². The Kier molecular flexibility index (Phi) is 4.26. The van der Waals surface area contributed by atoms with Crippen molar-refractivity contribution in [2.75, 3.05) is 0 Å². The van der Waals surface area contributed by atoms with Gasteiger partial charge in [0.25, 0.3) is 0 Å². The molecule has 2 N–H and O–H groups in total. The number of carboxylic acid groups (broad SMARTS) is 1. The molecular weight excluding hydrogens is 374 g/mol. The van der Waals surface area contributed by atoms with Gasteiger partial charge in [-0.1, -0.05) is 36.1 Å². The van der Waals surface area contributed by atoms with Gasteiger partial charge in [-0.25, -0.2) is 4.79 Å². The van der Waals surface area contributed by atoms with Crippen molar-refractivity contribution in [3.05, 3.63) is 75.9 Å². The molecule has 0 radical (unpaired) electrons. The smallest absolute Gasteiger partial charge is 0.336 e. The molecule has 0 saturated carbocycles. The first-order valence-corrected chi connectivity index (χ1v) is 8.53. The number of hydrogen-bond acceptors (Lipinski definition) is 6. The largest absolute Gasteiger partial charge is 0.872 e. The summed E-state index contributed by atoms with van der Waals surface area (Å²) in [6.07, 6.45) is -1.74. The second-order valence-corrected chi connectivity index (χ2v) is 6.37. The van der Waals surface area contributed by atoms with E-state index < -0.39 is 17.8 Å². The maximum Gasteiger partial charge on any atom is 0.336 e. The Hall–Kier alpha value is -4.15. The summed E-state index contributed by atoms with van der Waals surface area (Å²) in [6.45, 7) is 0. The zero-order valence-corrected chi connectivity index (χ0v) is 14.7. The predicted molar refractivity (Wildman–Crippen MR) is 102 cm³/mol. The minimum absolute atomic E-state index is 0.0149. The van der Waals surface area contributed by atoms with Crippen LogP contribution in [-0.2, 0) is 0 Å². The highest BCUT2D eigenvalue weighted by Crippen LogP contribution is 2.44. The number of nitriles is 1. The quantitative estimate of drug-likeness (QED) is 0.408. The molecule has 142 valence electrons. The lowest BCUT2D eigenvalue weighted by molar-refractivity contribution is -0.270. The van der Waals surface area contributed by atoms with Crippen LogP contribution in [0.3, 0.4) is 0 Å². The van der Waals surface area contributed by atoms with Crippen LogP contribution >= 0.6 is 0 Å². The monoisotopic (exact) mass is 386 g/mol. The Balaban J connectivity index is 2.26. The third-order valence-corrected chi connectivity index (χ3v) is 4.68. The Morgan fingerprint density at radius 2 is 1.86 bits per heavy atom. The van der Waals surface area contributed by atoms with Crippen molar-refractivity contribution < 1.29 is 24.5 Å². The Morgan fingerprint density at radius 3 is 2.59 bits per heavy atom. The van der Waals surface area contributed by atoms with Gasteiger partial charge in [0.15, 0.2) is 11.5 Å². The van der Waals surface area contributed by atoms with Gasteiger partial charge in [-0.2, -0.15) is 5.26 Å². The maximum absolute atomic E-state index is 12.3. The molecule has 1 atom stereocenters. The summed E-state index contributed by atoms with van der Waals surface area (Å²) >= 11 is 0. The number of nitrogens with zero attached hydrogens (tertiary/aromatic N) is 1. The molecule has 7 heteroatoms. The van der Waals surface area contributed by atoms with E-state index in [1.807, 2.05) is 0 Å². The lowest BCUT2D eigenvalue weighted by Crippen LogP contribution is -2.06. The van der Waals surface area contributed by atoms with E-state index in [1.165, 1.54) is 36.4 Å². The molecule has 2 aromatic rings. The molecular formula is C22H12NO6-. The molecule has 1 aliphatic heterocycles. The van der Waals surface area contributed by atoms with E-state index in [9.17, 15) is 24.9 Å². The van der Waals surface area contributed by atoms with Gasteiger partial charge in [-0.15, -0.1) is 0 Å². The SMILES string of the molecule is N#C[C@H](O)c1c([O-])ccc2c(-c3ccccc3C(=O)O)c3ccc(=O)cc-3oc12. The number of fused-ring (bicyclic) bond motifs is 2. The number of carbonyl (C=O) groups is 1. The number of aliphatic hydroxyl groups is 1. The number of benzene rings is 3. The van der Waals surface area contributed by atoms with Crippen molar-refractivity contribution in [3.63, 3.8) is 0 Å². The summed E-state index contributed by atoms with van der Waals surface area (Å²) < 4.78 is 5.77. The number of rotatable bonds is 3. The number of carboxylic acids is 1. The molecule has 0 amide bonds. The maximum atomic E-state index is 12.3. The highest BCUT2D eigenvalue weighted by molar-refractivity contribution is 6.08. The van der Waals surface area contributed by atoms with E-state index in [0.29, 0.717) is 22.1 Å². The molecule has 0 fully saturated rings. The topological polar surface area (TPSA) is 135 Å². The summed E-state index contributed by atoms with van der Waals surface area (Å²) in [5, 5.41) is 41.5. The van der Waals surface area contributed by atoms with Gasteiger partial charge in [0, 0.05) is 28.1 Å². The van der Waals surface area contributed by atoms with E-state index in [2.05, 4.69) is 0 Å². The number of hydrogen-bond donors (Lipinski definition) is 2. The van der Waals surface area contributed by atoms with Crippen LogP contribution < -0.4 is 10.5 Å². The van der Waals surface area contributed by atoms with Gasteiger partial charge in [0.2, 0.25) is 0 Å². The zero-order chi connectivity index (χ0) is 20.7. The van der Waals surface area contributed by atoms with Gasteiger partial charge in [0.1, 0.15) is 11.3 Å². The van der Waals surface area contributed by atoms with Crippen LogP contribution in [0, 0.1) is 11.3 Å². The summed E-state index contributed by atoms with van der Waals surface area (Å²) in [6, 6.07) is 14.6. The molecule has 2 aliphatic rings. The van der Waals surface area contributed by atoms with Crippen molar-refractivity contribution in [1.29, 1.82) is 5.26 Å². The molecule has 0 bridgehead atoms. The van der Waals surface area contributed by atoms with Gasteiger partial charge >= 0.3 is 5.97 Å². The van der Waals surface area contributed by atoms with E-state index in [-0.39, 0.29) is 27.9 Å². The van der Waals surface area contributed by atoms with Crippen LogP contribution in [0.1, 0.15) is 22.0 Å². The van der Waals surface area contributed by atoms with Gasteiger partial charge in [-0.05, 0) is 23.8 Å². The minimum atomic E-state index is -1.74. The van der Waals surface area contributed by atoms with E-state index in [1.54, 1.807) is 24.3 Å². The fourth-order valence-corrected chi connectivity index (χ4v) is 3.44. The highest BCUT2D eigenvalue weighted by Gasteiger charge is 2.24. The predicted octanol–water partition coefficient (Wildman–Crippen LogP) is 2.89. The van der Waals surface area contributed by atoms with E-state index in [4.69, 9.17) is 9.68 Å². The van der Waals surface area contributed by atoms with E-state index in [0.717, 1.165) is 0 Å². The normalized spacial score (nSPS) is 12.0. The molecule has 29 heavy (non-hydrogen) atoms. The molecule has 4 rings (SSSR count). The molecule has 0 aromatic heterocycles. The zero-order valence-electron chi connectivity index (χ0n) is 14.7. The second kappa shape index (κ2) is 6.78. The second-order valence-electron chi connectivity index (χ2n) is 6.37. The van der Waals surface area contributed by atoms with Crippen molar-refractivity contribution >= 4 is 16.9 Å². The molecule has 7 nitrogen and oxygen atoms in total. The third kappa shape index (κ3) is 2.88. The van der Waals surface area contributed by atoms with Gasteiger partial charge in [0.05, 0.1) is 11.6 Å². The minimum Gasteiger partial charge on any atom is -0.872 e. The number of aliphatic hydroxyl groups excluding tert-OH is 1. The van der Waals surface area contributed by atoms with Crippen LogP contribution in [0.2, 0.25) is 0 Å². The summed E-state index contributed by atoms with van der Waals surface area (Å²) in [5.41, 5.74) is 0.560. The molecule has 1 aliphatic carbocycles. The van der Waals surface area contributed by atoms with Crippen LogP contribution in [0.25, 0.3) is 33.4 Å². The lowest BCUT2D eigenvalue weighted by atomic mass is 9.89. The van der Waals surface area contributed by atoms with E-state index >= 15 is 0 Å². The van der Waals surface area contributed by atoms with Gasteiger partial charge in [-0.3, -0.25) is 4.79 Å². The van der Waals surface area contributed by atoms with Crippen LogP contribution in [0.5, 0.6) is 5.75 Å². The standard InChI is InChI=1S/C22H13NO6/c23-10-17(26)20-16(25)8-7-15-19(12-3-1-2-4-13(12)22(27)28)14-6-5-11(24)9-18(14)29-21(15)20/h1-9,17,25-26H,(H,27,28)/p-1/t17-/m0/s1. The highest BCUT2D eigenvalue weighted by atomic mass is 16.4. The average Bonchev–Trinajstić information content (AvgIpc) is 2.71. The molecule has 0 saturated heterocycles. The first-order valence-electron chi connectivity index (χ1n) is 8.53. The van der Waals surface area contributed by atoms with Crippen LogP contribution in [0.4, 0.5) is 0 Å². The molecule has 2 aromatic carbocycles. The Morgan fingerprint density at radius 1 is 1.10 bits per heavy atom. The van der Waals surface area contributed by atoms with Crippen molar-refractivity contribution in [1.82, 2.24) is 0 Å². The fraction of sp³-hybridized carbons (Fsp3) is 0.0455. The Bertz CT molecular complexity index is 1350. The van der Waals surface area contributed by atoms with Crippen LogP contribution in [0.15, 0.2) is 63.8 Å². The van der Waals surface area contributed by atoms with Crippen LogP contribution in [-0.4, -0.2) is 16.2 Å². The summed E-state index contributed by atoms with van der Waals surface area (Å²) in [7, 11) is 0. The molecule has 1 heterocycles. The third-order valence-electron chi connectivity index (χ3n) is 4.68. The molecule has 0 unspecified atom stereocenters. The molecule has 0 spiro atoms. The summed E-state index contributed by atoms with van der Waals surface area (Å²) in [5.74, 6) is -1.65. The fourth-order valence-electron chi connectivity index (χ4n) is 3.44. The summed E-state index contributed by atoms with van der Waals surface area (Å²) in [4.78, 5) is 23.7. The first-order chi connectivity index (χ1) is 13.9. The van der Waals surface area contributed by atoms with Crippen molar-refractivity contribution in [2.24, 2.45) is 0 Å². The Labute approximate surface area is 163 Å². The lowest BCUT2D eigenvalue weighted by Gasteiger charge is -2.21. The van der Waals surface area contributed by atoms with Gasteiger partial charge < -0.3 is 19.7 Å². The van der Waals surface area contributed by atoms with Crippen molar-refractivity contribution in [2.45, 2.75) is 6.10 Å². The average molecular weight is 386 g/mol. The first kappa shape index (κ1) is 18.2.